The molecule has 3 N–H and O–H groups in total. The highest BCUT2D eigenvalue weighted by Gasteiger charge is 2.24. The van der Waals surface area contributed by atoms with E-state index in [1.807, 2.05) is 44.2 Å². The van der Waals surface area contributed by atoms with Crippen molar-refractivity contribution in [2.75, 3.05) is 41.8 Å². The predicted molar refractivity (Wildman–Crippen MR) is 113 cm³/mol. The van der Waals surface area contributed by atoms with Gasteiger partial charge in [0.15, 0.2) is 0 Å². The first-order valence-electron chi connectivity index (χ1n) is 9.75. The molecular formula is C21H27N5O3. The predicted octanol–water partition coefficient (Wildman–Crippen LogP) is 2.70. The van der Waals surface area contributed by atoms with E-state index in [1.54, 1.807) is 18.3 Å². The number of aromatic nitrogens is 1. The molecule has 2 heterocycles. The Morgan fingerprint density at radius 1 is 1.00 bits per heavy atom. The number of nitrogens with one attached hydrogen (secondary N) is 3. The summed E-state index contributed by atoms with van der Waals surface area (Å²) >= 11 is 0. The molecule has 3 amide bonds. The van der Waals surface area contributed by atoms with Gasteiger partial charge in [0.05, 0.1) is 25.1 Å². The van der Waals surface area contributed by atoms with E-state index < -0.39 is 12.1 Å². The van der Waals surface area contributed by atoms with Crippen LogP contribution in [0, 0.1) is 5.92 Å². The van der Waals surface area contributed by atoms with Crippen molar-refractivity contribution in [2.24, 2.45) is 5.92 Å². The molecule has 0 bridgehead atoms. The molecule has 0 spiro atoms. The van der Waals surface area contributed by atoms with Crippen molar-refractivity contribution in [3.63, 3.8) is 0 Å². The average Bonchev–Trinajstić information content (AvgIpc) is 2.73. The number of anilines is 3. The number of para-hydroxylation sites is 1. The second kappa shape index (κ2) is 9.88. The van der Waals surface area contributed by atoms with Gasteiger partial charge in [0.1, 0.15) is 11.9 Å². The minimum Gasteiger partial charge on any atom is -0.378 e. The summed E-state index contributed by atoms with van der Waals surface area (Å²) in [5.41, 5.74) is 1.25. The Morgan fingerprint density at radius 2 is 1.72 bits per heavy atom. The molecule has 1 fully saturated rings. The van der Waals surface area contributed by atoms with Gasteiger partial charge in [-0.15, -0.1) is 0 Å². The summed E-state index contributed by atoms with van der Waals surface area (Å²) in [5, 5.41) is 8.31. The highest BCUT2D eigenvalue weighted by atomic mass is 16.5. The first-order valence-corrected chi connectivity index (χ1v) is 9.75. The van der Waals surface area contributed by atoms with Gasteiger partial charge < -0.3 is 25.6 Å². The molecule has 1 aliphatic rings. The van der Waals surface area contributed by atoms with Crippen molar-refractivity contribution in [3.05, 3.63) is 48.7 Å². The largest absolute Gasteiger partial charge is 0.378 e. The Hall–Kier alpha value is -3.13. The van der Waals surface area contributed by atoms with Gasteiger partial charge in [0.25, 0.3) is 0 Å². The van der Waals surface area contributed by atoms with Crippen LogP contribution in [0.15, 0.2) is 48.7 Å². The second-order valence-corrected chi connectivity index (χ2v) is 7.18. The molecular weight excluding hydrogens is 370 g/mol. The molecule has 1 aliphatic heterocycles. The fraction of sp³-hybridized carbons (Fsp3) is 0.381. The molecule has 0 radical (unpaired) electrons. The lowest BCUT2D eigenvalue weighted by Gasteiger charge is -2.27. The lowest BCUT2D eigenvalue weighted by Crippen LogP contribution is -2.48. The second-order valence-electron chi connectivity index (χ2n) is 7.18. The van der Waals surface area contributed by atoms with Crippen LogP contribution in [0.3, 0.4) is 0 Å². The lowest BCUT2D eigenvalue weighted by atomic mass is 10.0. The molecule has 1 aromatic heterocycles. The standard InChI is InChI=1S/C21H27N5O3/c1-15(2)19(25-21(28)24-16-6-4-3-5-7-16)20(27)23-17-8-9-18(22-14-17)26-10-12-29-13-11-26/h3-9,14-15,19H,10-13H2,1-2H3,(H,23,27)(H2,24,25,28)/t19-/m1/s1. The zero-order chi connectivity index (χ0) is 20.6. The number of rotatable bonds is 6. The van der Waals surface area contributed by atoms with Crippen molar-refractivity contribution >= 4 is 29.1 Å². The van der Waals surface area contributed by atoms with Gasteiger partial charge in [-0.25, -0.2) is 9.78 Å². The van der Waals surface area contributed by atoms with Crippen LogP contribution >= 0.6 is 0 Å². The molecule has 1 saturated heterocycles. The molecule has 3 rings (SSSR count). The molecule has 0 aliphatic carbocycles. The van der Waals surface area contributed by atoms with Crippen LogP contribution in [-0.2, 0) is 9.53 Å². The molecule has 1 aromatic carbocycles. The number of carbonyl (C=O) groups excluding carboxylic acids is 2. The highest BCUT2D eigenvalue weighted by Crippen LogP contribution is 2.16. The van der Waals surface area contributed by atoms with E-state index in [1.165, 1.54) is 0 Å². The van der Waals surface area contributed by atoms with E-state index in [0.717, 1.165) is 18.9 Å². The molecule has 0 saturated carbocycles. The van der Waals surface area contributed by atoms with Crippen LogP contribution in [0.5, 0.6) is 0 Å². The normalized spacial score (nSPS) is 14.9. The Bertz CT molecular complexity index is 805. The summed E-state index contributed by atoms with van der Waals surface area (Å²) < 4.78 is 5.35. The average molecular weight is 397 g/mol. The molecule has 8 heteroatoms. The third-order valence-electron chi connectivity index (χ3n) is 4.62. The zero-order valence-electron chi connectivity index (χ0n) is 16.7. The minimum absolute atomic E-state index is 0.0860. The van der Waals surface area contributed by atoms with E-state index in [2.05, 4.69) is 25.8 Å². The van der Waals surface area contributed by atoms with Crippen molar-refractivity contribution in [3.8, 4) is 0 Å². The van der Waals surface area contributed by atoms with Crippen LogP contribution in [-0.4, -0.2) is 49.3 Å². The number of benzene rings is 1. The number of hydrogen-bond acceptors (Lipinski definition) is 5. The number of ether oxygens (including phenoxy) is 1. The third kappa shape index (κ3) is 5.92. The van der Waals surface area contributed by atoms with Crippen molar-refractivity contribution in [1.29, 1.82) is 0 Å². The molecule has 0 unspecified atom stereocenters. The van der Waals surface area contributed by atoms with Crippen molar-refractivity contribution in [2.45, 2.75) is 19.9 Å². The van der Waals surface area contributed by atoms with Gasteiger partial charge in [0.2, 0.25) is 5.91 Å². The van der Waals surface area contributed by atoms with Crippen LogP contribution in [0.1, 0.15) is 13.8 Å². The third-order valence-corrected chi connectivity index (χ3v) is 4.62. The number of carbonyl (C=O) groups is 2. The van der Waals surface area contributed by atoms with E-state index in [0.29, 0.717) is 24.6 Å². The first kappa shape index (κ1) is 20.6. The Morgan fingerprint density at radius 3 is 2.34 bits per heavy atom. The summed E-state index contributed by atoms with van der Waals surface area (Å²) in [6, 6.07) is 11.7. The van der Waals surface area contributed by atoms with Crippen LogP contribution in [0.25, 0.3) is 0 Å². The highest BCUT2D eigenvalue weighted by molar-refractivity contribution is 5.99. The number of morpholine rings is 1. The topological polar surface area (TPSA) is 95.6 Å². The van der Waals surface area contributed by atoms with E-state index in [4.69, 9.17) is 4.74 Å². The minimum atomic E-state index is -0.683. The number of hydrogen-bond donors (Lipinski definition) is 3. The fourth-order valence-electron chi connectivity index (χ4n) is 3.02. The van der Waals surface area contributed by atoms with Gasteiger partial charge in [-0.2, -0.15) is 0 Å². The number of amides is 3. The van der Waals surface area contributed by atoms with E-state index in [9.17, 15) is 9.59 Å². The van der Waals surface area contributed by atoms with Gasteiger partial charge in [-0.1, -0.05) is 32.0 Å². The summed E-state index contributed by atoms with van der Waals surface area (Å²) in [6.45, 7) is 6.74. The summed E-state index contributed by atoms with van der Waals surface area (Å²) in [5.74, 6) is 0.480. The van der Waals surface area contributed by atoms with Gasteiger partial charge in [-0.05, 0) is 30.2 Å². The Kier molecular flexibility index (Phi) is 7.02. The Labute approximate surface area is 170 Å². The van der Waals surface area contributed by atoms with Crippen molar-refractivity contribution < 1.29 is 14.3 Å². The molecule has 8 nitrogen and oxygen atoms in total. The first-order chi connectivity index (χ1) is 14.0. The smallest absolute Gasteiger partial charge is 0.319 e. The lowest BCUT2D eigenvalue weighted by molar-refractivity contribution is -0.118. The maximum Gasteiger partial charge on any atom is 0.319 e. The maximum absolute atomic E-state index is 12.7. The number of pyridine rings is 1. The van der Waals surface area contributed by atoms with Crippen molar-refractivity contribution in [1.82, 2.24) is 10.3 Å². The number of nitrogens with zero attached hydrogens (tertiary/aromatic N) is 2. The summed E-state index contributed by atoms with van der Waals surface area (Å²) in [4.78, 5) is 31.6. The number of urea groups is 1. The van der Waals surface area contributed by atoms with Gasteiger partial charge >= 0.3 is 6.03 Å². The van der Waals surface area contributed by atoms with E-state index in [-0.39, 0.29) is 11.8 Å². The monoisotopic (exact) mass is 397 g/mol. The zero-order valence-corrected chi connectivity index (χ0v) is 16.7. The van der Waals surface area contributed by atoms with E-state index >= 15 is 0 Å². The molecule has 2 aromatic rings. The maximum atomic E-state index is 12.7. The molecule has 1 atom stereocenters. The van der Waals surface area contributed by atoms with Gasteiger partial charge in [-0.3, -0.25) is 4.79 Å². The molecule has 29 heavy (non-hydrogen) atoms. The fourth-order valence-corrected chi connectivity index (χ4v) is 3.02. The summed E-state index contributed by atoms with van der Waals surface area (Å²) in [7, 11) is 0. The van der Waals surface area contributed by atoms with Crippen LogP contribution < -0.4 is 20.9 Å². The summed E-state index contributed by atoms with van der Waals surface area (Å²) in [6.07, 6.45) is 1.63. The quantitative estimate of drug-likeness (QED) is 0.697. The SMILES string of the molecule is CC(C)[C@@H](NC(=O)Nc1ccccc1)C(=O)Nc1ccc(N2CCOCC2)nc1. The van der Waals surface area contributed by atoms with Crippen LogP contribution in [0.2, 0.25) is 0 Å². The van der Waals surface area contributed by atoms with Crippen LogP contribution in [0.4, 0.5) is 22.0 Å². The van der Waals surface area contributed by atoms with Gasteiger partial charge in [0, 0.05) is 18.8 Å². The molecule has 154 valence electrons. The Balaban J connectivity index is 1.58.